The monoisotopic (exact) mass is 411 g/mol. The van der Waals surface area contributed by atoms with Crippen molar-refractivity contribution in [1.82, 2.24) is 14.3 Å². The van der Waals surface area contributed by atoms with Crippen LogP contribution in [-0.2, 0) is 0 Å². The first-order valence-corrected chi connectivity index (χ1v) is 10.4. The van der Waals surface area contributed by atoms with Gasteiger partial charge in [-0.25, -0.2) is 0 Å². The number of nitrogens with zero attached hydrogens (tertiary/aromatic N) is 4. The Morgan fingerprint density at radius 3 is 2.32 bits per heavy atom. The molecular formula is C25H23N4O2. The normalized spacial score (nSPS) is 13.5. The van der Waals surface area contributed by atoms with Crippen molar-refractivity contribution in [3.63, 3.8) is 0 Å². The fraction of sp³-hybridized carbons (Fsp3) is 0.200. The minimum atomic E-state index is -0.258. The van der Waals surface area contributed by atoms with Crippen molar-refractivity contribution >= 4 is 22.2 Å². The van der Waals surface area contributed by atoms with E-state index in [1.165, 1.54) is 16.8 Å². The van der Waals surface area contributed by atoms with E-state index in [0.717, 1.165) is 35.6 Å². The van der Waals surface area contributed by atoms with Gasteiger partial charge in [0.2, 0.25) is 0 Å². The van der Waals surface area contributed by atoms with Gasteiger partial charge in [0, 0.05) is 53.7 Å². The number of aryl methyl sites for hydroxylation is 2. The summed E-state index contributed by atoms with van der Waals surface area (Å²) in [6, 6.07) is 15.2. The molecule has 2 aromatic carbocycles. The maximum atomic E-state index is 13.4. The highest BCUT2D eigenvalue weighted by Gasteiger charge is 2.19. The molecule has 0 atom stereocenters. The fourth-order valence-corrected chi connectivity index (χ4v) is 4.32. The molecule has 6 nitrogen and oxygen atoms in total. The summed E-state index contributed by atoms with van der Waals surface area (Å²) in [5.41, 5.74) is 5.06. The summed E-state index contributed by atoms with van der Waals surface area (Å²) in [6.45, 7) is 9.58. The van der Waals surface area contributed by atoms with Crippen LogP contribution in [0, 0.1) is 20.8 Å². The number of anilines is 1. The molecule has 1 aliphatic rings. The first-order chi connectivity index (χ1) is 15.0. The van der Waals surface area contributed by atoms with Crippen molar-refractivity contribution in [2.24, 2.45) is 0 Å². The van der Waals surface area contributed by atoms with Crippen molar-refractivity contribution in [1.29, 1.82) is 0 Å². The van der Waals surface area contributed by atoms with Gasteiger partial charge in [-0.1, -0.05) is 6.07 Å². The van der Waals surface area contributed by atoms with Crippen molar-refractivity contribution in [3.8, 4) is 11.4 Å². The molecule has 1 aliphatic heterocycles. The van der Waals surface area contributed by atoms with Gasteiger partial charge in [-0.3, -0.25) is 9.59 Å². The highest BCUT2D eigenvalue weighted by Crippen LogP contribution is 2.29. The van der Waals surface area contributed by atoms with Gasteiger partial charge in [-0.2, -0.15) is 9.78 Å². The average Bonchev–Trinajstić information content (AvgIpc) is 2.98. The molecule has 0 aliphatic carbocycles. The Morgan fingerprint density at radius 2 is 1.68 bits per heavy atom. The molecule has 31 heavy (non-hydrogen) atoms. The second kappa shape index (κ2) is 7.23. The van der Waals surface area contributed by atoms with Crippen LogP contribution in [-0.4, -0.2) is 33.2 Å². The number of rotatable bonds is 4. The molecule has 4 aromatic rings. The lowest BCUT2D eigenvalue weighted by Crippen LogP contribution is -2.36. The Balaban J connectivity index is 1.65. The molecule has 0 saturated carbocycles. The van der Waals surface area contributed by atoms with E-state index in [1.54, 1.807) is 30.5 Å². The predicted molar refractivity (Wildman–Crippen MR) is 123 cm³/mol. The number of carbonyl (C=O) groups is 1. The van der Waals surface area contributed by atoms with Gasteiger partial charge in [0.05, 0.1) is 17.3 Å². The van der Waals surface area contributed by atoms with E-state index in [0.29, 0.717) is 16.6 Å². The van der Waals surface area contributed by atoms with Crippen molar-refractivity contribution in [2.75, 3.05) is 18.0 Å². The lowest BCUT2D eigenvalue weighted by molar-refractivity contribution is 0.104. The molecule has 6 heteroatoms. The van der Waals surface area contributed by atoms with Crippen LogP contribution in [0.2, 0.25) is 0 Å². The minimum Gasteiger partial charge on any atom is -0.371 e. The molecule has 3 heterocycles. The first-order valence-electron chi connectivity index (χ1n) is 10.4. The molecule has 0 amide bonds. The minimum absolute atomic E-state index is 0.176. The molecule has 0 spiro atoms. The maximum absolute atomic E-state index is 13.4. The molecule has 1 radical (unpaired) electrons. The van der Waals surface area contributed by atoms with Crippen LogP contribution in [0.25, 0.3) is 22.1 Å². The summed E-state index contributed by atoms with van der Waals surface area (Å²) in [5, 5.41) is 5.91. The number of hydrogen-bond acceptors (Lipinski definition) is 4. The van der Waals surface area contributed by atoms with Crippen LogP contribution >= 0.6 is 0 Å². The molecule has 2 aromatic heterocycles. The van der Waals surface area contributed by atoms with E-state index < -0.39 is 0 Å². The van der Waals surface area contributed by atoms with Crippen molar-refractivity contribution in [3.05, 3.63) is 89.0 Å². The molecule has 155 valence electrons. The smallest absolute Gasteiger partial charge is 0.281 e. The summed E-state index contributed by atoms with van der Waals surface area (Å²) < 4.78 is 3.51. The number of benzene rings is 2. The third-order valence-corrected chi connectivity index (χ3v) is 6.14. The number of aromatic nitrogens is 3. The number of ketones is 1. The van der Waals surface area contributed by atoms with Gasteiger partial charge in [-0.15, -0.1) is 0 Å². The summed E-state index contributed by atoms with van der Waals surface area (Å²) in [5.74, 6) is -0.258. The Morgan fingerprint density at radius 1 is 0.968 bits per heavy atom. The van der Waals surface area contributed by atoms with E-state index >= 15 is 0 Å². The Bertz CT molecular complexity index is 1380. The van der Waals surface area contributed by atoms with Gasteiger partial charge < -0.3 is 9.47 Å². The predicted octanol–water partition coefficient (Wildman–Crippen LogP) is 4.02. The van der Waals surface area contributed by atoms with E-state index in [2.05, 4.69) is 45.8 Å². The van der Waals surface area contributed by atoms with Crippen LogP contribution in [0.5, 0.6) is 0 Å². The molecule has 0 N–H and O–H groups in total. The largest absolute Gasteiger partial charge is 0.371 e. The fourth-order valence-electron chi connectivity index (χ4n) is 4.32. The van der Waals surface area contributed by atoms with Gasteiger partial charge in [-0.05, 0) is 62.7 Å². The van der Waals surface area contributed by atoms with Gasteiger partial charge >= 0.3 is 0 Å². The number of carbonyl (C=O) groups excluding carboxylic acids is 1. The molecule has 1 saturated heterocycles. The van der Waals surface area contributed by atoms with E-state index in [9.17, 15) is 9.59 Å². The zero-order valence-corrected chi connectivity index (χ0v) is 17.6. The van der Waals surface area contributed by atoms with Crippen molar-refractivity contribution < 1.29 is 4.79 Å². The number of Topliss-reactive ketones (excluding diaryl/α,β-unsaturated/α-hetero) is 1. The molecule has 1 fully saturated rings. The average molecular weight is 411 g/mol. The summed E-state index contributed by atoms with van der Waals surface area (Å²) >= 11 is 0. The zero-order valence-electron chi connectivity index (χ0n) is 17.6. The maximum Gasteiger partial charge on any atom is 0.281 e. The molecule has 0 bridgehead atoms. The Labute approximate surface area is 180 Å². The Hall–Kier alpha value is -3.67. The van der Waals surface area contributed by atoms with Gasteiger partial charge in [0.15, 0.2) is 5.78 Å². The number of fused-ring (bicyclic) bond motifs is 1. The van der Waals surface area contributed by atoms with Crippen molar-refractivity contribution in [2.45, 2.75) is 20.3 Å². The molecule has 5 rings (SSSR count). The SMILES string of the molecule is [CH2]C(=O)c1ccc(-n2ncc3c(C)n(-c4cccc(N5CCC5)c4)c(C)c3c2=O)cc1. The second-order valence-electron chi connectivity index (χ2n) is 7.99. The van der Waals surface area contributed by atoms with Gasteiger partial charge in [0.25, 0.3) is 5.56 Å². The van der Waals surface area contributed by atoms with Crippen LogP contribution in [0.15, 0.2) is 59.5 Å². The van der Waals surface area contributed by atoms with Crippen LogP contribution < -0.4 is 10.5 Å². The standard InChI is InChI=1S/C25H23N4O2/c1-16-23-15-26-29(20-10-8-19(9-11-20)18(3)30)25(31)24(23)17(2)28(16)22-7-4-6-21(14-22)27-12-5-13-27/h4,6-11,14-15H,3,5,12-13H2,1-2H3. The first kappa shape index (κ1) is 19.3. The quantitative estimate of drug-likeness (QED) is 0.476. The summed E-state index contributed by atoms with van der Waals surface area (Å²) in [7, 11) is 0. The third kappa shape index (κ3) is 3.06. The van der Waals surface area contributed by atoms with Gasteiger partial charge in [0.1, 0.15) is 0 Å². The third-order valence-electron chi connectivity index (χ3n) is 6.14. The highest BCUT2D eigenvalue weighted by atomic mass is 16.1. The molecular weight excluding hydrogens is 388 g/mol. The van der Waals surface area contributed by atoms with Crippen LogP contribution in [0.3, 0.4) is 0 Å². The number of hydrogen-bond donors (Lipinski definition) is 0. The lowest BCUT2D eigenvalue weighted by atomic mass is 10.1. The van der Waals surface area contributed by atoms with E-state index in [1.807, 2.05) is 13.8 Å². The van der Waals surface area contributed by atoms with E-state index in [-0.39, 0.29) is 11.3 Å². The van der Waals surface area contributed by atoms with E-state index in [4.69, 9.17) is 0 Å². The summed E-state index contributed by atoms with van der Waals surface area (Å²) in [6.07, 6.45) is 2.97. The second-order valence-corrected chi connectivity index (χ2v) is 7.99. The lowest BCUT2D eigenvalue weighted by Gasteiger charge is -2.33. The highest BCUT2D eigenvalue weighted by molar-refractivity contribution is 5.99. The van der Waals surface area contributed by atoms with Crippen LogP contribution in [0.4, 0.5) is 5.69 Å². The van der Waals surface area contributed by atoms with Crippen LogP contribution in [0.1, 0.15) is 28.2 Å². The zero-order chi connectivity index (χ0) is 21.7. The topological polar surface area (TPSA) is 60.1 Å². The summed E-state index contributed by atoms with van der Waals surface area (Å²) in [4.78, 5) is 27.2. The Kier molecular flexibility index (Phi) is 4.50. The molecule has 0 unspecified atom stereocenters.